The third kappa shape index (κ3) is 3.86. The number of aromatic nitrogens is 2. The first-order valence-corrected chi connectivity index (χ1v) is 9.08. The van der Waals surface area contributed by atoms with Crippen molar-refractivity contribution in [3.05, 3.63) is 47.5 Å². The first-order valence-electron chi connectivity index (χ1n) is 9.08. The van der Waals surface area contributed by atoms with Crippen molar-refractivity contribution in [2.24, 2.45) is 0 Å². The number of carbonyl (C=O) groups excluding carboxylic acids is 1. The summed E-state index contributed by atoms with van der Waals surface area (Å²) < 4.78 is 7.96. The summed E-state index contributed by atoms with van der Waals surface area (Å²) in [6, 6.07) is 5.94. The summed E-state index contributed by atoms with van der Waals surface area (Å²) in [7, 11) is 0. The smallest absolute Gasteiger partial charge is 0.260 e. The molecule has 1 aromatic heterocycles. The van der Waals surface area contributed by atoms with E-state index in [-0.39, 0.29) is 12.5 Å². The zero-order valence-electron chi connectivity index (χ0n) is 15.4. The van der Waals surface area contributed by atoms with Crippen molar-refractivity contribution >= 4 is 5.91 Å². The highest BCUT2D eigenvalue weighted by molar-refractivity contribution is 5.78. The molecule has 0 spiro atoms. The number of carbonyl (C=O) groups is 1. The number of hydrogen-bond acceptors (Lipinski definition) is 3. The minimum absolute atomic E-state index is 0.0558. The summed E-state index contributed by atoms with van der Waals surface area (Å²) >= 11 is 0. The van der Waals surface area contributed by atoms with Gasteiger partial charge in [-0.3, -0.25) is 4.79 Å². The molecule has 0 N–H and O–H groups in total. The second-order valence-electron chi connectivity index (χ2n) is 6.74. The van der Waals surface area contributed by atoms with Gasteiger partial charge >= 0.3 is 0 Å². The van der Waals surface area contributed by atoms with Crippen molar-refractivity contribution in [1.29, 1.82) is 0 Å². The number of imidazole rings is 1. The zero-order valence-corrected chi connectivity index (χ0v) is 15.4. The summed E-state index contributed by atoms with van der Waals surface area (Å²) in [5.41, 5.74) is 2.27. The molecule has 134 valence electrons. The van der Waals surface area contributed by atoms with E-state index in [0.29, 0.717) is 5.92 Å². The van der Waals surface area contributed by atoms with Crippen molar-refractivity contribution in [3.63, 3.8) is 0 Å². The number of hydrogen-bond donors (Lipinski definition) is 0. The average Bonchev–Trinajstić information content (AvgIpc) is 3.11. The maximum absolute atomic E-state index is 12.6. The topological polar surface area (TPSA) is 47.4 Å². The molecule has 1 amide bonds. The molecule has 5 nitrogen and oxygen atoms in total. The SMILES string of the molecule is CCn1ccnc1C1CCCN(C(=O)COc2cccc(C)c2C)C1. The highest BCUT2D eigenvalue weighted by atomic mass is 16.5. The van der Waals surface area contributed by atoms with Gasteiger partial charge in [0, 0.05) is 37.9 Å². The number of likely N-dealkylation sites (tertiary alicyclic amines) is 1. The summed E-state index contributed by atoms with van der Waals surface area (Å²) in [4.78, 5) is 19.0. The third-order valence-electron chi connectivity index (χ3n) is 5.13. The summed E-state index contributed by atoms with van der Waals surface area (Å²) in [5.74, 6) is 2.26. The molecule has 0 radical (unpaired) electrons. The maximum Gasteiger partial charge on any atom is 0.260 e. The fourth-order valence-electron chi connectivity index (χ4n) is 3.47. The number of benzene rings is 1. The molecule has 1 aliphatic rings. The van der Waals surface area contributed by atoms with Crippen LogP contribution in [0.5, 0.6) is 5.75 Å². The van der Waals surface area contributed by atoms with Crippen LogP contribution in [0.2, 0.25) is 0 Å². The second kappa shape index (κ2) is 7.72. The van der Waals surface area contributed by atoms with Gasteiger partial charge < -0.3 is 14.2 Å². The highest BCUT2D eigenvalue weighted by Gasteiger charge is 2.27. The lowest BCUT2D eigenvalue weighted by molar-refractivity contribution is -0.134. The van der Waals surface area contributed by atoms with Gasteiger partial charge in [-0.15, -0.1) is 0 Å². The van der Waals surface area contributed by atoms with Crippen LogP contribution in [0, 0.1) is 13.8 Å². The molecule has 1 unspecified atom stereocenters. The van der Waals surface area contributed by atoms with Gasteiger partial charge in [0.05, 0.1) is 0 Å². The van der Waals surface area contributed by atoms with Crippen molar-refractivity contribution in [1.82, 2.24) is 14.5 Å². The predicted octanol–water partition coefficient (Wildman–Crippen LogP) is 3.30. The largest absolute Gasteiger partial charge is 0.483 e. The minimum atomic E-state index is 0.0558. The first-order chi connectivity index (χ1) is 12.1. The molecule has 25 heavy (non-hydrogen) atoms. The number of nitrogens with zero attached hydrogens (tertiary/aromatic N) is 3. The summed E-state index contributed by atoms with van der Waals surface area (Å²) in [5, 5.41) is 0. The molecule has 0 aliphatic carbocycles. The minimum Gasteiger partial charge on any atom is -0.483 e. The van der Waals surface area contributed by atoms with E-state index in [1.807, 2.05) is 36.4 Å². The lowest BCUT2D eigenvalue weighted by Gasteiger charge is -2.32. The van der Waals surface area contributed by atoms with Gasteiger partial charge in [0.1, 0.15) is 11.6 Å². The Morgan fingerprint density at radius 1 is 1.36 bits per heavy atom. The van der Waals surface area contributed by atoms with E-state index in [9.17, 15) is 4.79 Å². The van der Waals surface area contributed by atoms with E-state index < -0.39 is 0 Å². The van der Waals surface area contributed by atoms with E-state index in [1.54, 1.807) is 0 Å². The lowest BCUT2D eigenvalue weighted by atomic mass is 9.97. The van der Waals surface area contributed by atoms with Gasteiger partial charge in [0.15, 0.2) is 6.61 Å². The Labute approximate surface area is 149 Å². The Morgan fingerprint density at radius 3 is 3.00 bits per heavy atom. The van der Waals surface area contributed by atoms with E-state index in [2.05, 4.69) is 29.5 Å². The Hall–Kier alpha value is -2.30. The Balaban J connectivity index is 1.61. The van der Waals surface area contributed by atoms with Crippen molar-refractivity contribution < 1.29 is 9.53 Å². The first kappa shape index (κ1) is 17.5. The number of piperidine rings is 1. The quantitative estimate of drug-likeness (QED) is 0.838. The monoisotopic (exact) mass is 341 g/mol. The van der Waals surface area contributed by atoms with Crippen LogP contribution in [-0.2, 0) is 11.3 Å². The number of amides is 1. The van der Waals surface area contributed by atoms with Gasteiger partial charge in [-0.05, 0) is 50.8 Å². The van der Waals surface area contributed by atoms with Gasteiger partial charge in [-0.25, -0.2) is 4.98 Å². The van der Waals surface area contributed by atoms with Crippen LogP contribution >= 0.6 is 0 Å². The fourth-order valence-corrected chi connectivity index (χ4v) is 3.47. The van der Waals surface area contributed by atoms with Crippen LogP contribution in [0.15, 0.2) is 30.6 Å². The van der Waals surface area contributed by atoms with E-state index >= 15 is 0 Å². The molecule has 2 aromatic rings. The van der Waals surface area contributed by atoms with Crippen molar-refractivity contribution in [2.45, 2.75) is 46.1 Å². The molecular formula is C20H27N3O2. The van der Waals surface area contributed by atoms with Crippen LogP contribution in [0.25, 0.3) is 0 Å². The molecule has 0 saturated carbocycles. The van der Waals surface area contributed by atoms with Gasteiger partial charge in [0.2, 0.25) is 0 Å². The molecule has 2 heterocycles. The summed E-state index contributed by atoms with van der Waals surface area (Å²) in [6.45, 7) is 8.74. The van der Waals surface area contributed by atoms with E-state index in [0.717, 1.165) is 49.6 Å². The number of aryl methyl sites for hydroxylation is 2. The molecule has 3 rings (SSSR count). The lowest BCUT2D eigenvalue weighted by Crippen LogP contribution is -2.42. The van der Waals surface area contributed by atoms with Gasteiger partial charge in [-0.1, -0.05) is 12.1 Å². The number of rotatable bonds is 5. The van der Waals surface area contributed by atoms with E-state index in [4.69, 9.17) is 4.74 Å². The molecular weight excluding hydrogens is 314 g/mol. The average molecular weight is 341 g/mol. The predicted molar refractivity (Wildman–Crippen MR) is 97.9 cm³/mol. The van der Waals surface area contributed by atoms with E-state index in [1.165, 1.54) is 5.56 Å². The molecule has 0 bridgehead atoms. The van der Waals surface area contributed by atoms with Crippen LogP contribution < -0.4 is 4.74 Å². The fraction of sp³-hybridized carbons (Fsp3) is 0.500. The van der Waals surface area contributed by atoms with Gasteiger partial charge in [-0.2, -0.15) is 0 Å². The van der Waals surface area contributed by atoms with Crippen LogP contribution in [-0.4, -0.2) is 40.1 Å². The molecule has 5 heteroatoms. The third-order valence-corrected chi connectivity index (χ3v) is 5.13. The second-order valence-corrected chi connectivity index (χ2v) is 6.74. The highest BCUT2D eigenvalue weighted by Crippen LogP contribution is 2.26. The summed E-state index contributed by atoms with van der Waals surface area (Å²) in [6.07, 6.45) is 5.96. The van der Waals surface area contributed by atoms with Crippen LogP contribution in [0.3, 0.4) is 0 Å². The normalized spacial score (nSPS) is 17.6. The van der Waals surface area contributed by atoms with Crippen LogP contribution in [0.1, 0.15) is 42.6 Å². The Bertz CT molecular complexity index is 738. The number of ether oxygens (including phenoxy) is 1. The molecule has 1 aromatic carbocycles. The Kier molecular flexibility index (Phi) is 5.41. The van der Waals surface area contributed by atoms with Gasteiger partial charge in [0.25, 0.3) is 5.91 Å². The molecule has 1 saturated heterocycles. The van der Waals surface area contributed by atoms with Crippen molar-refractivity contribution in [2.75, 3.05) is 19.7 Å². The molecule has 1 fully saturated rings. The van der Waals surface area contributed by atoms with Crippen molar-refractivity contribution in [3.8, 4) is 5.75 Å². The molecule has 1 aliphatic heterocycles. The standard InChI is InChI=1S/C20H27N3O2/c1-4-22-12-10-21-20(22)17-8-6-11-23(13-17)19(24)14-25-18-9-5-7-15(2)16(18)3/h5,7,9-10,12,17H,4,6,8,11,13-14H2,1-3H3. The Morgan fingerprint density at radius 2 is 2.20 bits per heavy atom. The molecule has 1 atom stereocenters. The zero-order chi connectivity index (χ0) is 17.8. The van der Waals surface area contributed by atoms with Crippen LogP contribution in [0.4, 0.5) is 0 Å². The maximum atomic E-state index is 12.6.